The summed E-state index contributed by atoms with van der Waals surface area (Å²) < 4.78 is 29.4. The van der Waals surface area contributed by atoms with E-state index in [-0.39, 0.29) is 47.8 Å². The number of carbonyl (C=O) groups excluding carboxylic acids is 2. The largest absolute Gasteiger partial charge is 0.311 e. The van der Waals surface area contributed by atoms with Crippen LogP contribution in [-0.4, -0.2) is 33.6 Å². The van der Waals surface area contributed by atoms with Crippen LogP contribution in [0.5, 0.6) is 0 Å². The highest BCUT2D eigenvalue weighted by molar-refractivity contribution is 14.1. The van der Waals surface area contributed by atoms with Crippen LogP contribution in [0.1, 0.15) is 48.4 Å². The summed E-state index contributed by atoms with van der Waals surface area (Å²) in [6.45, 7) is 0. The van der Waals surface area contributed by atoms with Gasteiger partial charge in [-0.3, -0.25) is 15.0 Å². The molecule has 8 nitrogen and oxygen atoms in total. The monoisotopic (exact) mass is 796 g/mol. The molecule has 2 amide bonds. The van der Waals surface area contributed by atoms with Crippen molar-refractivity contribution in [3.8, 4) is 0 Å². The topological polar surface area (TPSA) is 132 Å². The highest BCUT2D eigenvalue weighted by Gasteiger charge is 2.26. The van der Waals surface area contributed by atoms with Gasteiger partial charge in [-0.15, -0.1) is 5.10 Å². The summed E-state index contributed by atoms with van der Waals surface area (Å²) in [5.41, 5.74) is 1.73. The number of aromatic nitrogens is 2. The smallest absolute Gasteiger partial charge is 0.230 e. The number of benzene rings is 2. The molecule has 1 aliphatic carbocycles. The molecule has 12 heteroatoms. The number of amidine groups is 1. The van der Waals surface area contributed by atoms with E-state index < -0.39 is 17.5 Å². The summed E-state index contributed by atoms with van der Waals surface area (Å²) in [5.74, 6) is -1.64. The minimum absolute atomic E-state index is 0.0482. The quantitative estimate of drug-likeness (QED) is 0.115. The predicted molar refractivity (Wildman–Crippen MR) is 174 cm³/mol. The first-order valence-electron chi connectivity index (χ1n) is 13.2. The van der Waals surface area contributed by atoms with Gasteiger partial charge in [0, 0.05) is 35.8 Å². The summed E-state index contributed by atoms with van der Waals surface area (Å²) in [7, 11) is 0. The molecule has 218 valence electrons. The van der Waals surface area contributed by atoms with Gasteiger partial charge in [0.2, 0.25) is 11.8 Å². The third-order valence-electron chi connectivity index (χ3n) is 6.99. The van der Waals surface area contributed by atoms with Crippen molar-refractivity contribution in [1.82, 2.24) is 15.5 Å². The summed E-state index contributed by atoms with van der Waals surface area (Å²) in [5, 5.41) is 30.1. The highest BCUT2D eigenvalue weighted by Crippen LogP contribution is 2.36. The molecule has 4 rings (SSSR count). The van der Waals surface area contributed by atoms with Crippen LogP contribution in [0.25, 0.3) is 0 Å². The zero-order valence-electron chi connectivity index (χ0n) is 22.4. The van der Waals surface area contributed by atoms with Crippen LogP contribution in [-0.2, 0) is 22.4 Å². The van der Waals surface area contributed by atoms with Crippen molar-refractivity contribution in [3.05, 3.63) is 96.3 Å². The van der Waals surface area contributed by atoms with Crippen LogP contribution in [0.15, 0.2) is 60.7 Å². The van der Waals surface area contributed by atoms with Gasteiger partial charge in [0.1, 0.15) is 17.5 Å². The molecule has 42 heavy (non-hydrogen) atoms. The van der Waals surface area contributed by atoms with E-state index in [1.54, 1.807) is 30.3 Å². The van der Waals surface area contributed by atoms with Crippen LogP contribution >= 0.6 is 45.2 Å². The Morgan fingerprint density at radius 1 is 0.881 bits per heavy atom. The van der Waals surface area contributed by atoms with Gasteiger partial charge >= 0.3 is 0 Å². The molecular formula is C30H28F2I2N6O2. The van der Waals surface area contributed by atoms with E-state index in [0.29, 0.717) is 24.8 Å². The Hall–Kier alpha value is -3.14. The van der Waals surface area contributed by atoms with Crippen molar-refractivity contribution in [2.24, 2.45) is 5.92 Å². The second-order valence-electron chi connectivity index (χ2n) is 9.96. The number of rotatable bonds is 9. The Balaban J connectivity index is 1.28. The molecule has 0 aliphatic heterocycles. The molecule has 4 N–H and O–H groups in total. The van der Waals surface area contributed by atoms with Gasteiger partial charge in [-0.2, -0.15) is 5.10 Å². The van der Waals surface area contributed by atoms with Crippen molar-refractivity contribution in [1.29, 1.82) is 10.8 Å². The summed E-state index contributed by atoms with van der Waals surface area (Å²) in [4.78, 5) is 24.7. The zero-order valence-corrected chi connectivity index (χ0v) is 26.7. The van der Waals surface area contributed by atoms with Crippen LogP contribution < -0.4 is 10.6 Å². The lowest BCUT2D eigenvalue weighted by molar-refractivity contribution is -0.119. The molecule has 0 radical (unpaired) electrons. The SMILES string of the molecule is N=C(/C=C\C(=N)[C@H]1CCC[C@H](c2ccc(NC(=O)Cc3c(F)cccc3I)nn2)C1)NC(=O)Cc1c(F)cccc1I. The maximum atomic E-state index is 14.1. The molecule has 1 fully saturated rings. The average molecular weight is 796 g/mol. The summed E-state index contributed by atoms with van der Waals surface area (Å²) >= 11 is 3.97. The molecule has 3 aromatic rings. The molecule has 0 unspecified atom stereocenters. The van der Waals surface area contributed by atoms with Crippen LogP contribution in [0.2, 0.25) is 0 Å². The zero-order chi connectivity index (χ0) is 30.2. The molecule has 1 aromatic heterocycles. The fraction of sp³-hybridized carbons (Fsp3) is 0.267. The van der Waals surface area contributed by atoms with E-state index in [9.17, 15) is 18.4 Å². The molecular weight excluding hydrogens is 768 g/mol. The van der Waals surface area contributed by atoms with Gasteiger partial charge in [-0.25, -0.2) is 8.78 Å². The van der Waals surface area contributed by atoms with Crippen LogP contribution in [0, 0.1) is 35.5 Å². The lowest BCUT2D eigenvalue weighted by Crippen LogP contribution is -2.30. The number of nitrogens with one attached hydrogen (secondary N) is 4. The third kappa shape index (κ3) is 8.69. The van der Waals surface area contributed by atoms with E-state index in [0.717, 1.165) is 25.0 Å². The van der Waals surface area contributed by atoms with Crippen molar-refractivity contribution in [3.63, 3.8) is 0 Å². The van der Waals surface area contributed by atoms with E-state index in [4.69, 9.17) is 10.8 Å². The predicted octanol–water partition coefficient (Wildman–Crippen LogP) is 6.33. The molecule has 0 bridgehead atoms. The summed E-state index contributed by atoms with van der Waals surface area (Å²) in [6.07, 6.45) is 5.88. The van der Waals surface area contributed by atoms with Gasteiger partial charge in [0.25, 0.3) is 0 Å². The fourth-order valence-electron chi connectivity index (χ4n) is 4.82. The number of anilines is 1. The Morgan fingerprint density at radius 2 is 1.52 bits per heavy atom. The number of hydrogen-bond donors (Lipinski definition) is 4. The van der Waals surface area contributed by atoms with Gasteiger partial charge in [-0.1, -0.05) is 18.6 Å². The summed E-state index contributed by atoms with van der Waals surface area (Å²) in [6, 6.07) is 12.7. The van der Waals surface area contributed by atoms with E-state index in [1.807, 2.05) is 51.2 Å². The minimum Gasteiger partial charge on any atom is -0.311 e. The molecule has 2 aromatic carbocycles. The average Bonchev–Trinajstić information content (AvgIpc) is 2.96. The first-order chi connectivity index (χ1) is 20.1. The van der Waals surface area contributed by atoms with Gasteiger partial charge in [0.15, 0.2) is 5.82 Å². The van der Waals surface area contributed by atoms with Gasteiger partial charge < -0.3 is 16.0 Å². The van der Waals surface area contributed by atoms with Gasteiger partial charge in [-0.05, 0) is 113 Å². The van der Waals surface area contributed by atoms with E-state index >= 15 is 0 Å². The lowest BCUT2D eigenvalue weighted by Gasteiger charge is -2.28. The first kappa shape index (κ1) is 31.8. The van der Waals surface area contributed by atoms with E-state index in [1.165, 1.54) is 24.3 Å². The second-order valence-corrected chi connectivity index (χ2v) is 12.3. The Kier molecular flexibility index (Phi) is 11.2. The number of nitrogens with zero attached hydrogens (tertiary/aromatic N) is 2. The minimum atomic E-state index is -0.503. The van der Waals surface area contributed by atoms with E-state index in [2.05, 4.69) is 20.8 Å². The molecule has 1 heterocycles. The van der Waals surface area contributed by atoms with Gasteiger partial charge in [0.05, 0.1) is 18.5 Å². The van der Waals surface area contributed by atoms with Crippen molar-refractivity contribution >= 4 is 74.4 Å². The Bertz CT molecular complexity index is 1490. The number of carbonyl (C=O) groups is 2. The molecule has 1 aliphatic rings. The third-order valence-corrected chi connectivity index (χ3v) is 9.01. The van der Waals surface area contributed by atoms with Crippen molar-refractivity contribution in [2.75, 3.05) is 5.32 Å². The lowest BCUT2D eigenvalue weighted by atomic mass is 9.77. The van der Waals surface area contributed by atoms with Crippen LogP contribution in [0.3, 0.4) is 0 Å². The normalized spacial score (nSPS) is 16.7. The van der Waals surface area contributed by atoms with Crippen LogP contribution in [0.4, 0.5) is 14.6 Å². The standard InChI is InChI=1S/C30H28F2I2N6O2/c31-21-6-2-8-23(33)19(21)15-29(41)37-27(36)12-10-25(35)17-4-1-5-18(14-17)26-11-13-28(40-39-26)38-30(42)16-20-22(32)7-3-9-24(20)34/h2-3,6-13,17-18,35H,1,4-5,14-16H2,(H2,36,37,41)(H,38,40,42)/b12-10-,35-25?/t17-,18-/m0/s1. The molecule has 1 saturated carbocycles. The number of halogens is 4. The maximum Gasteiger partial charge on any atom is 0.230 e. The number of hydrogen-bond acceptors (Lipinski definition) is 6. The van der Waals surface area contributed by atoms with Crippen molar-refractivity contribution < 1.29 is 18.4 Å². The Labute approximate surface area is 269 Å². The maximum absolute atomic E-state index is 14.1. The Morgan fingerprint density at radius 3 is 2.12 bits per heavy atom. The number of amides is 2. The number of allylic oxidation sites excluding steroid dienone is 1. The molecule has 0 spiro atoms. The molecule has 2 atom stereocenters. The van der Waals surface area contributed by atoms with Crippen molar-refractivity contribution in [2.45, 2.75) is 44.4 Å². The highest BCUT2D eigenvalue weighted by atomic mass is 127. The molecule has 0 saturated heterocycles. The fourth-order valence-corrected chi connectivity index (χ4v) is 6.14. The first-order valence-corrected chi connectivity index (χ1v) is 15.4. The second kappa shape index (κ2) is 14.8.